The first-order valence-corrected chi connectivity index (χ1v) is 9.70. The molecule has 0 aliphatic heterocycles. The average Bonchev–Trinajstić information content (AvgIpc) is 2.90. The van der Waals surface area contributed by atoms with Crippen LogP contribution in [0.4, 0.5) is 0 Å². The number of amides is 1. The normalized spacial score (nSPS) is 11.6. The molecular weight excluding hydrogens is 432 g/mol. The van der Waals surface area contributed by atoms with Crippen LogP contribution in [0.15, 0.2) is 56.2 Å². The molecule has 0 radical (unpaired) electrons. The molecule has 1 heterocycles. The van der Waals surface area contributed by atoms with Crippen molar-refractivity contribution in [2.45, 2.75) is 11.8 Å². The Morgan fingerprint density at radius 1 is 1.20 bits per heavy atom. The summed E-state index contributed by atoms with van der Waals surface area (Å²) in [6, 6.07) is 11.5. The van der Waals surface area contributed by atoms with E-state index in [-0.39, 0.29) is 15.7 Å². The Morgan fingerprint density at radius 2 is 1.92 bits per heavy atom. The number of para-hydroxylation sites is 1. The average molecular weight is 444 g/mol. The first kappa shape index (κ1) is 17.9. The molecule has 0 aliphatic carbocycles. The van der Waals surface area contributed by atoms with Gasteiger partial charge in [0.05, 0.1) is 5.02 Å². The molecule has 3 aromatic rings. The second kappa shape index (κ2) is 6.80. The predicted molar refractivity (Wildman–Crippen MR) is 97.9 cm³/mol. The quantitative estimate of drug-likeness (QED) is 0.601. The van der Waals surface area contributed by atoms with Gasteiger partial charge in [0, 0.05) is 15.4 Å². The smallest absolute Gasteiger partial charge is 0.302 e. The van der Waals surface area contributed by atoms with Gasteiger partial charge in [-0.3, -0.25) is 10.2 Å². The third-order valence-corrected chi connectivity index (χ3v) is 5.76. The number of hydrogen-bond acceptors (Lipinski definition) is 4. The lowest BCUT2D eigenvalue weighted by molar-refractivity contribution is 0.0918. The molecule has 1 amide bonds. The highest BCUT2D eigenvalue weighted by atomic mass is 79.9. The molecule has 0 atom stereocenters. The topological polar surface area (TPSA) is 88.4 Å². The number of hydrazine groups is 1. The summed E-state index contributed by atoms with van der Waals surface area (Å²) < 4.78 is 30.7. The van der Waals surface area contributed by atoms with Gasteiger partial charge >= 0.3 is 5.91 Å². The molecule has 3 rings (SSSR count). The standard InChI is InChI=1S/C16H12BrClN2O4S/c1-9-11-4-2-3-5-13(11)24-15(9)16(21)19-20-25(22,23)14-7-6-10(17)8-12(14)18/h2-8,20H,1H3,(H,19,21). The molecule has 0 bridgehead atoms. The summed E-state index contributed by atoms with van der Waals surface area (Å²) in [4.78, 5) is 14.1. The van der Waals surface area contributed by atoms with Gasteiger partial charge < -0.3 is 4.42 Å². The number of sulfonamides is 1. The number of carbonyl (C=O) groups excluding carboxylic acids is 1. The van der Waals surface area contributed by atoms with E-state index in [0.29, 0.717) is 15.6 Å². The van der Waals surface area contributed by atoms with Gasteiger partial charge in [0.15, 0.2) is 5.76 Å². The van der Waals surface area contributed by atoms with Crippen LogP contribution >= 0.6 is 27.5 Å². The van der Waals surface area contributed by atoms with Crippen LogP contribution in [-0.2, 0) is 10.0 Å². The van der Waals surface area contributed by atoms with Gasteiger partial charge in [-0.1, -0.05) is 45.7 Å². The Hall–Kier alpha value is -1.87. The van der Waals surface area contributed by atoms with Crippen molar-refractivity contribution in [3.63, 3.8) is 0 Å². The van der Waals surface area contributed by atoms with Gasteiger partial charge in [0.2, 0.25) is 0 Å². The van der Waals surface area contributed by atoms with Gasteiger partial charge in [-0.05, 0) is 31.2 Å². The Labute approximate surface area is 157 Å². The summed E-state index contributed by atoms with van der Waals surface area (Å²) in [5.41, 5.74) is 3.31. The van der Waals surface area contributed by atoms with E-state index in [9.17, 15) is 13.2 Å². The van der Waals surface area contributed by atoms with Gasteiger partial charge in [0.25, 0.3) is 10.0 Å². The fourth-order valence-corrected chi connectivity index (χ4v) is 4.19. The van der Waals surface area contributed by atoms with Crippen molar-refractivity contribution in [2.75, 3.05) is 0 Å². The summed E-state index contributed by atoms with van der Waals surface area (Å²) >= 11 is 9.14. The van der Waals surface area contributed by atoms with Crippen LogP contribution in [0.25, 0.3) is 11.0 Å². The zero-order valence-electron chi connectivity index (χ0n) is 12.8. The highest BCUT2D eigenvalue weighted by Gasteiger charge is 2.22. The van der Waals surface area contributed by atoms with E-state index in [1.165, 1.54) is 18.2 Å². The lowest BCUT2D eigenvalue weighted by atomic mass is 10.1. The molecule has 0 spiro atoms. The summed E-state index contributed by atoms with van der Waals surface area (Å²) in [7, 11) is -4.03. The van der Waals surface area contributed by atoms with Crippen molar-refractivity contribution in [2.24, 2.45) is 0 Å². The summed E-state index contributed by atoms with van der Waals surface area (Å²) in [6.45, 7) is 1.72. The van der Waals surface area contributed by atoms with Crippen molar-refractivity contribution in [1.29, 1.82) is 0 Å². The van der Waals surface area contributed by atoms with Gasteiger partial charge in [-0.15, -0.1) is 4.83 Å². The van der Waals surface area contributed by atoms with Crippen LogP contribution in [0, 0.1) is 6.92 Å². The molecule has 25 heavy (non-hydrogen) atoms. The molecule has 0 aliphatic rings. The minimum atomic E-state index is -4.03. The summed E-state index contributed by atoms with van der Waals surface area (Å²) in [5.74, 6) is -0.670. The largest absolute Gasteiger partial charge is 0.451 e. The number of furan rings is 1. The van der Waals surface area contributed by atoms with Crippen molar-refractivity contribution < 1.29 is 17.6 Å². The zero-order chi connectivity index (χ0) is 18.2. The summed E-state index contributed by atoms with van der Waals surface area (Å²) in [5, 5.41) is 0.808. The van der Waals surface area contributed by atoms with E-state index >= 15 is 0 Å². The minimum Gasteiger partial charge on any atom is -0.451 e. The molecule has 0 saturated heterocycles. The number of rotatable bonds is 4. The maximum absolute atomic E-state index is 12.3. The van der Waals surface area contributed by atoms with Gasteiger partial charge in [0.1, 0.15) is 10.5 Å². The highest BCUT2D eigenvalue weighted by Crippen LogP contribution is 2.26. The molecule has 2 N–H and O–H groups in total. The van der Waals surface area contributed by atoms with E-state index in [2.05, 4.69) is 21.4 Å². The number of benzene rings is 2. The molecule has 2 aromatic carbocycles. The fraction of sp³-hybridized carbons (Fsp3) is 0.0625. The number of aryl methyl sites for hydroxylation is 1. The van der Waals surface area contributed by atoms with Crippen molar-refractivity contribution in [3.8, 4) is 0 Å². The van der Waals surface area contributed by atoms with E-state index in [1.54, 1.807) is 19.1 Å². The second-order valence-electron chi connectivity index (χ2n) is 5.19. The lowest BCUT2D eigenvalue weighted by Gasteiger charge is -2.09. The van der Waals surface area contributed by atoms with Crippen LogP contribution in [0.3, 0.4) is 0 Å². The molecule has 9 heteroatoms. The van der Waals surface area contributed by atoms with E-state index in [4.69, 9.17) is 16.0 Å². The van der Waals surface area contributed by atoms with E-state index in [1.807, 2.05) is 17.0 Å². The molecule has 1 aromatic heterocycles. The maximum atomic E-state index is 12.3. The van der Waals surface area contributed by atoms with Gasteiger partial charge in [-0.2, -0.15) is 0 Å². The number of hydrogen-bond donors (Lipinski definition) is 2. The third kappa shape index (κ3) is 3.57. The van der Waals surface area contributed by atoms with Crippen LogP contribution in [0.5, 0.6) is 0 Å². The van der Waals surface area contributed by atoms with Crippen molar-refractivity contribution >= 4 is 54.4 Å². The number of nitrogens with one attached hydrogen (secondary N) is 2. The monoisotopic (exact) mass is 442 g/mol. The van der Waals surface area contributed by atoms with Crippen molar-refractivity contribution in [3.05, 3.63) is 63.3 Å². The Morgan fingerprint density at radius 3 is 2.60 bits per heavy atom. The first-order chi connectivity index (χ1) is 11.8. The maximum Gasteiger partial charge on any atom is 0.302 e. The van der Waals surface area contributed by atoms with E-state index < -0.39 is 15.9 Å². The SMILES string of the molecule is Cc1c(C(=O)NNS(=O)(=O)c2ccc(Br)cc2Cl)oc2ccccc12. The van der Waals surface area contributed by atoms with Crippen molar-refractivity contribution in [1.82, 2.24) is 10.3 Å². The second-order valence-corrected chi connectivity index (χ2v) is 8.16. The lowest BCUT2D eigenvalue weighted by Crippen LogP contribution is -2.41. The van der Waals surface area contributed by atoms with Crippen LogP contribution in [-0.4, -0.2) is 14.3 Å². The fourth-order valence-electron chi connectivity index (χ4n) is 2.31. The summed E-state index contributed by atoms with van der Waals surface area (Å²) in [6.07, 6.45) is 0. The molecule has 0 unspecified atom stereocenters. The van der Waals surface area contributed by atoms with Crippen LogP contribution < -0.4 is 10.3 Å². The Bertz CT molecular complexity index is 1080. The predicted octanol–water partition coefficient (Wildman–Crippen LogP) is 3.78. The molecule has 0 saturated carbocycles. The van der Waals surface area contributed by atoms with E-state index in [0.717, 1.165) is 5.39 Å². The molecule has 6 nitrogen and oxygen atoms in total. The van der Waals surface area contributed by atoms with Crippen LogP contribution in [0.2, 0.25) is 5.02 Å². The molecular formula is C16H12BrClN2O4S. The third-order valence-electron chi connectivity index (χ3n) is 3.53. The minimum absolute atomic E-state index is 0.0241. The Balaban J connectivity index is 1.82. The molecule has 130 valence electrons. The number of carbonyl (C=O) groups is 1. The molecule has 0 fully saturated rings. The highest BCUT2D eigenvalue weighted by molar-refractivity contribution is 9.10. The Kier molecular flexibility index (Phi) is 4.88. The number of halogens is 2. The number of fused-ring (bicyclic) bond motifs is 1. The first-order valence-electron chi connectivity index (χ1n) is 7.05. The van der Waals surface area contributed by atoms with Gasteiger partial charge in [-0.25, -0.2) is 8.42 Å². The zero-order valence-corrected chi connectivity index (χ0v) is 16.0. The van der Waals surface area contributed by atoms with Crippen LogP contribution in [0.1, 0.15) is 16.1 Å².